The van der Waals surface area contributed by atoms with Crippen molar-refractivity contribution in [2.45, 2.75) is 45.3 Å². The largest absolute Gasteiger partial charge is 0.506 e. The van der Waals surface area contributed by atoms with Crippen LogP contribution >= 0.6 is 22.7 Å². The first-order valence-electron chi connectivity index (χ1n) is 11.5. The normalized spacial score (nSPS) is 18.5. The zero-order valence-corrected chi connectivity index (χ0v) is 22.1. The summed E-state index contributed by atoms with van der Waals surface area (Å²) in [5, 5.41) is 36.1. The third-order valence-corrected chi connectivity index (χ3v) is 8.17. The zero-order chi connectivity index (χ0) is 26.2. The summed E-state index contributed by atoms with van der Waals surface area (Å²) in [5.74, 6) is -0.716. The van der Waals surface area contributed by atoms with Crippen molar-refractivity contribution >= 4 is 40.2 Å². The number of thiophene rings is 2. The van der Waals surface area contributed by atoms with Crippen LogP contribution in [-0.2, 0) is 5.41 Å². The van der Waals surface area contributed by atoms with E-state index in [-0.39, 0.29) is 30.2 Å². The van der Waals surface area contributed by atoms with E-state index in [4.69, 9.17) is 0 Å². The predicted molar refractivity (Wildman–Crippen MR) is 142 cm³/mol. The van der Waals surface area contributed by atoms with Gasteiger partial charge in [0.2, 0.25) is 0 Å². The number of aromatic hydroxyl groups is 1. The van der Waals surface area contributed by atoms with E-state index in [1.165, 1.54) is 33.9 Å². The fraction of sp³-hybridized carbons (Fsp3) is 0.346. The fourth-order valence-electron chi connectivity index (χ4n) is 3.85. The number of likely N-dealkylation sites (tertiary alicyclic amines) is 1. The van der Waals surface area contributed by atoms with E-state index in [2.05, 4.69) is 43.4 Å². The summed E-state index contributed by atoms with van der Waals surface area (Å²) in [6.45, 7) is 8.24. The number of nitrogens with one attached hydrogen (secondary N) is 1. The van der Waals surface area contributed by atoms with Crippen molar-refractivity contribution in [2.24, 2.45) is 5.10 Å². The highest BCUT2D eigenvalue weighted by molar-refractivity contribution is 7.16. The maximum atomic E-state index is 12.6. The van der Waals surface area contributed by atoms with Gasteiger partial charge in [0.15, 0.2) is 0 Å². The van der Waals surface area contributed by atoms with Crippen molar-refractivity contribution in [2.75, 3.05) is 13.1 Å². The molecule has 0 saturated carbocycles. The highest BCUT2D eigenvalue weighted by Crippen LogP contribution is 2.39. The van der Waals surface area contributed by atoms with Crippen LogP contribution in [0.25, 0.3) is 10.4 Å². The van der Waals surface area contributed by atoms with E-state index >= 15 is 0 Å². The minimum atomic E-state index is -0.967. The summed E-state index contributed by atoms with van der Waals surface area (Å²) in [4.78, 5) is 27.9. The van der Waals surface area contributed by atoms with Crippen molar-refractivity contribution < 1.29 is 24.9 Å². The SMILES string of the molecule is C/C(=N\NC(=O)c1ccc(C(=O)N2CC(O)C(O)C2)s1)c1csc(-c2ccc(C(C)(C)C)cc2)c1O. The number of hydrazone groups is 1. The summed E-state index contributed by atoms with van der Waals surface area (Å²) in [7, 11) is 0. The van der Waals surface area contributed by atoms with Gasteiger partial charge in [-0.3, -0.25) is 9.59 Å². The molecule has 2 atom stereocenters. The molecule has 2 aromatic heterocycles. The minimum absolute atomic E-state index is 0.0401. The van der Waals surface area contributed by atoms with Crippen molar-refractivity contribution in [1.29, 1.82) is 0 Å². The number of β-amino-alcohol motifs (C(OH)–C–C–N with tert-alkyl or cyclic N) is 2. The average Bonchev–Trinajstić information content (AvgIpc) is 3.55. The molecule has 1 aliphatic heterocycles. The summed E-state index contributed by atoms with van der Waals surface area (Å²) in [6, 6.07) is 11.2. The van der Waals surface area contributed by atoms with Gasteiger partial charge in [0, 0.05) is 18.5 Å². The summed E-state index contributed by atoms with van der Waals surface area (Å²) < 4.78 is 0. The topological polar surface area (TPSA) is 122 Å². The molecule has 4 N–H and O–H groups in total. The smallest absolute Gasteiger partial charge is 0.281 e. The molecule has 2 unspecified atom stereocenters. The molecule has 1 saturated heterocycles. The molecular weight excluding hydrogens is 498 g/mol. The second kappa shape index (κ2) is 10.1. The van der Waals surface area contributed by atoms with Crippen LogP contribution in [-0.4, -0.2) is 63.0 Å². The molecule has 3 aromatic rings. The Labute approximate surface area is 217 Å². The molecule has 36 heavy (non-hydrogen) atoms. The van der Waals surface area contributed by atoms with Gasteiger partial charge in [0.05, 0.1) is 38.1 Å². The highest BCUT2D eigenvalue weighted by atomic mass is 32.1. The Kier molecular flexibility index (Phi) is 7.33. The number of amides is 2. The Hall–Kier alpha value is -3.05. The molecule has 0 aliphatic carbocycles. The lowest BCUT2D eigenvalue weighted by Crippen LogP contribution is -2.29. The van der Waals surface area contributed by atoms with Crippen molar-refractivity contribution in [1.82, 2.24) is 10.3 Å². The number of carbonyl (C=O) groups is 2. The van der Waals surface area contributed by atoms with Crippen LogP contribution in [0.1, 0.15) is 58.2 Å². The van der Waals surface area contributed by atoms with Crippen LogP contribution in [0, 0.1) is 0 Å². The average molecular weight is 528 g/mol. The van der Waals surface area contributed by atoms with Gasteiger partial charge in [-0.1, -0.05) is 45.0 Å². The van der Waals surface area contributed by atoms with Crippen LogP contribution < -0.4 is 5.43 Å². The number of aliphatic hydroxyl groups excluding tert-OH is 2. The van der Waals surface area contributed by atoms with Crippen LogP contribution in [0.2, 0.25) is 0 Å². The Bertz CT molecular complexity index is 1290. The lowest BCUT2D eigenvalue weighted by molar-refractivity contribution is 0.0572. The predicted octanol–water partition coefficient (Wildman–Crippen LogP) is 3.81. The maximum Gasteiger partial charge on any atom is 0.281 e. The van der Waals surface area contributed by atoms with Gasteiger partial charge in [-0.25, -0.2) is 5.43 Å². The molecule has 190 valence electrons. The zero-order valence-electron chi connectivity index (χ0n) is 20.5. The lowest BCUT2D eigenvalue weighted by Gasteiger charge is -2.19. The number of nitrogens with zero attached hydrogens (tertiary/aromatic N) is 2. The lowest BCUT2D eigenvalue weighted by atomic mass is 9.86. The second-order valence-corrected chi connectivity index (χ2v) is 11.8. The van der Waals surface area contributed by atoms with Crippen LogP contribution in [0.15, 0.2) is 46.9 Å². The quantitative estimate of drug-likeness (QED) is 0.297. The Balaban J connectivity index is 1.43. The van der Waals surface area contributed by atoms with E-state index in [1.54, 1.807) is 12.3 Å². The van der Waals surface area contributed by atoms with Gasteiger partial charge >= 0.3 is 0 Å². The van der Waals surface area contributed by atoms with Gasteiger partial charge < -0.3 is 20.2 Å². The van der Waals surface area contributed by atoms with Crippen LogP contribution in [0.4, 0.5) is 0 Å². The molecule has 8 nitrogen and oxygen atoms in total. The number of carbonyl (C=O) groups excluding carboxylic acids is 2. The van der Waals surface area contributed by atoms with Gasteiger partial charge in [0.1, 0.15) is 5.75 Å². The first-order valence-corrected chi connectivity index (χ1v) is 13.2. The van der Waals surface area contributed by atoms with E-state index in [9.17, 15) is 24.9 Å². The number of aliphatic hydroxyl groups is 2. The molecule has 1 aromatic carbocycles. The first kappa shape index (κ1) is 26.0. The highest BCUT2D eigenvalue weighted by Gasteiger charge is 2.33. The van der Waals surface area contributed by atoms with E-state index < -0.39 is 18.1 Å². The third kappa shape index (κ3) is 5.36. The number of rotatable bonds is 5. The van der Waals surface area contributed by atoms with Gasteiger partial charge in [0.25, 0.3) is 11.8 Å². The van der Waals surface area contributed by atoms with Crippen LogP contribution in [0.3, 0.4) is 0 Å². The molecule has 10 heteroatoms. The molecule has 2 amide bonds. The van der Waals surface area contributed by atoms with Crippen molar-refractivity contribution in [3.05, 3.63) is 62.7 Å². The molecular formula is C26H29N3O5S2. The molecule has 4 rings (SSSR count). The monoisotopic (exact) mass is 527 g/mol. The second-order valence-electron chi connectivity index (χ2n) is 9.80. The number of benzene rings is 1. The van der Waals surface area contributed by atoms with Gasteiger partial charge in [-0.15, -0.1) is 22.7 Å². The minimum Gasteiger partial charge on any atom is -0.506 e. The molecule has 1 aliphatic rings. The van der Waals surface area contributed by atoms with E-state index in [1.807, 2.05) is 12.1 Å². The van der Waals surface area contributed by atoms with E-state index in [0.717, 1.165) is 21.8 Å². The third-order valence-electron chi connectivity index (χ3n) is 6.08. The van der Waals surface area contributed by atoms with Gasteiger partial charge in [-0.2, -0.15) is 5.10 Å². The van der Waals surface area contributed by atoms with Gasteiger partial charge in [-0.05, 0) is 35.6 Å². The molecule has 0 radical (unpaired) electrons. The Morgan fingerprint density at radius 3 is 2.25 bits per heavy atom. The first-order chi connectivity index (χ1) is 17.0. The Morgan fingerprint density at radius 2 is 1.64 bits per heavy atom. The molecule has 1 fully saturated rings. The molecule has 0 bridgehead atoms. The maximum absolute atomic E-state index is 12.6. The van der Waals surface area contributed by atoms with Crippen molar-refractivity contribution in [3.8, 4) is 16.2 Å². The summed E-state index contributed by atoms with van der Waals surface area (Å²) in [5.41, 5.74) is 5.61. The fourth-order valence-corrected chi connectivity index (χ4v) is 5.73. The standard InChI is InChI=1S/C26H29N3O5S2/c1-14(17-13-35-23(22(17)32)15-5-7-16(8-6-15)26(2,3)4)27-28-24(33)20-9-10-21(36-20)25(34)29-11-18(30)19(31)12-29/h5-10,13,18-19,30-32H,11-12H2,1-4H3,(H,28,33)/b27-14+. The molecule has 3 heterocycles. The van der Waals surface area contributed by atoms with Crippen LogP contribution in [0.5, 0.6) is 5.75 Å². The van der Waals surface area contributed by atoms with Crippen molar-refractivity contribution in [3.63, 3.8) is 0 Å². The summed E-state index contributed by atoms with van der Waals surface area (Å²) >= 11 is 2.41. The Morgan fingerprint density at radius 1 is 1.03 bits per heavy atom. The summed E-state index contributed by atoms with van der Waals surface area (Å²) in [6.07, 6.45) is -1.93. The number of hydrogen-bond donors (Lipinski definition) is 4. The molecule has 0 spiro atoms. The van der Waals surface area contributed by atoms with E-state index in [0.29, 0.717) is 21.0 Å². The number of hydrogen-bond acceptors (Lipinski definition) is 8.